The first-order chi connectivity index (χ1) is 12.1. The quantitative estimate of drug-likeness (QED) is 0.735. The topological polar surface area (TPSA) is 58.1 Å². The Balaban J connectivity index is 1.78. The number of aromatic nitrogens is 2. The van der Waals surface area contributed by atoms with Gasteiger partial charge in [-0.15, -0.1) is 11.3 Å². The summed E-state index contributed by atoms with van der Waals surface area (Å²) in [6, 6.07) is 7.16. The van der Waals surface area contributed by atoms with Gasteiger partial charge in [-0.1, -0.05) is 17.7 Å². The molecule has 1 saturated heterocycles. The molecule has 5 nitrogen and oxygen atoms in total. The molecule has 1 aliphatic rings. The molecule has 1 aromatic carbocycles. The zero-order valence-electron chi connectivity index (χ0n) is 13.8. The Morgan fingerprint density at radius 1 is 1.28 bits per heavy atom. The van der Waals surface area contributed by atoms with Crippen molar-refractivity contribution in [3.05, 3.63) is 46.1 Å². The lowest BCUT2D eigenvalue weighted by Crippen LogP contribution is -2.20. The van der Waals surface area contributed by atoms with Crippen LogP contribution in [-0.4, -0.2) is 29.0 Å². The number of carbonyl (C=O) groups is 1. The number of aryl methyl sites for hydroxylation is 1. The summed E-state index contributed by atoms with van der Waals surface area (Å²) in [6.45, 7) is 3.89. The van der Waals surface area contributed by atoms with E-state index in [-0.39, 0.29) is 5.91 Å². The third-order valence-corrected chi connectivity index (χ3v) is 5.61. The molecule has 4 rings (SSSR count). The van der Waals surface area contributed by atoms with Crippen LogP contribution in [0.2, 0.25) is 5.02 Å². The fourth-order valence-electron chi connectivity index (χ4n) is 3.23. The number of carbonyl (C=O) groups excluding carboxylic acids is 1. The first-order valence-corrected chi connectivity index (χ1v) is 9.39. The molecule has 3 heterocycles. The van der Waals surface area contributed by atoms with Crippen LogP contribution in [0, 0.1) is 6.92 Å². The highest BCUT2D eigenvalue weighted by atomic mass is 35.5. The minimum absolute atomic E-state index is 0.152. The van der Waals surface area contributed by atoms with E-state index in [2.05, 4.69) is 20.2 Å². The molecule has 1 N–H and O–H groups in total. The number of nitrogens with zero attached hydrogens (tertiary/aromatic N) is 3. The Labute approximate surface area is 154 Å². The maximum Gasteiger partial charge on any atom is 0.257 e. The van der Waals surface area contributed by atoms with Crippen molar-refractivity contribution in [1.82, 2.24) is 9.97 Å². The Bertz CT molecular complexity index is 949. The van der Waals surface area contributed by atoms with Crippen LogP contribution in [0.5, 0.6) is 0 Å². The highest BCUT2D eigenvalue weighted by Crippen LogP contribution is 2.36. The maximum absolute atomic E-state index is 13.0. The zero-order chi connectivity index (χ0) is 17.4. The van der Waals surface area contributed by atoms with Crippen molar-refractivity contribution in [2.45, 2.75) is 19.8 Å². The molecule has 0 spiro atoms. The van der Waals surface area contributed by atoms with Crippen molar-refractivity contribution < 1.29 is 4.79 Å². The van der Waals surface area contributed by atoms with Gasteiger partial charge in [0.2, 0.25) is 0 Å². The summed E-state index contributed by atoms with van der Waals surface area (Å²) in [5.74, 6) is 0.712. The van der Waals surface area contributed by atoms with E-state index in [4.69, 9.17) is 11.6 Å². The fourth-order valence-corrected chi connectivity index (χ4v) is 4.40. The number of thiophene rings is 1. The van der Waals surface area contributed by atoms with Gasteiger partial charge in [0, 0.05) is 28.7 Å². The summed E-state index contributed by atoms with van der Waals surface area (Å²) < 4.78 is 0. The van der Waals surface area contributed by atoms with Crippen molar-refractivity contribution in [2.75, 3.05) is 23.3 Å². The molecule has 0 saturated carbocycles. The Morgan fingerprint density at radius 3 is 2.84 bits per heavy atom. The van der Waals surface area contributed by atoms with E-state index in [9.17, 15) is 4.79 Å². The molecule has 1 fully saturated rings. The van der Waals surface area contributed by atoms with E-state index in [1.54, 1.807) is 18.5 Å². The van der Waals surface area contributed by atoms with Crippen molar-refractivity contribution in [3.63, 3.8) is 0 Å². The van der Waals surface area contributed by atoms with Crippen molar-refractivity contribution in [2.24, 2.45) is 0 Å². The Kier molecular flexibility index (Phi) is 4.31. The number of halogens is 1. The molecule has 0 unspecified atom stereocenters. The molecular weight excluding hydrogens is 356 g/mol. The summed E-state index contributed by atoms with van der Waals surface area (Å²) in [7, 11) is 0. The summed E-state index contributed by atoms with van der Waals surface area (Å²) in [5.41, 5.74) is 1.33. The minimum atomic E-state index is -0.152. The van der Waals surface area contributed by atoms with Crippen LogP contribution in [0.3, 0.4) is 0 Å². The second-order valence-corrected chi connectivity index (χ2v) is 7.71. The Hall–Kier alpha value is -2.18. The standard InChI is InChI=1S/C18H17ClN4OS/c1-11-14(17(24)22-13-6-4-5-12(19)9-13)15-16(23-7-2-3-8-23)20-10-21-18(15)25-11/h4-6,9-10H,2-3,7-8H2,1H3,(H,22,24). The van der Waals surface area contributed by atoms with Gasteiger partial charge in [-0.3, -0.25) is 4.79 Å². The second-order valence-electron chi connectivity index (χ2n) is 6.07. The van der Waals surface area contributed by atoms with Crippen LogP contribution in [0.1, 0.15) is 28.1 Å². The van der Waals surface area contributed by atoms with Crippen LogP contribution in [0.4, 0.5) is 11.5 Å². The van der Waals surface area contributed by atoms with Gasteiger partial charge < -0.3 is 10.2 Å². The number of anilines is 2. The molecule has 3 aromatic rings. The van der Waals surface area contributed by atoms with Crippen LogP contribution in [-0.2, 0) is 0 Å². The SMILES string of the molecule is Cc1sc2ncnc(N3CCCC3)c2c1C(=O)Nc1cccc(Cl)c1. The first kappa shape index (κ1) is 16.3. The average molecular weight is 373 g/mol. The van der Waals surface area contributed by atoms with Gasteiger partial charge in [0.15, 0.2) is 0 Å². The predicted octanol–water partition coefficient (Wildman–Crippen LogP) is 4.51. The van der Waals surface area contributed by atoms with E-state index in [1.165, 1.54) is 11.3 Å². The van der Waals surface area contributed by atoms with Gasteiger partial charge in [0.05, 0.1) is 10.9 Å². The smallest absolute Gasteiger partial charge is 0.257 e. The van der Waals surface area contributed by atoms with Crippen LogP contribution in [0.15, 0.2) is 30.6 Å². The number of fused-ring (bicyclic) bond motifs is 1. The van der Waals surface area contributed by atoms with E-state index in [0.717, 1.165) is 46.8 Å². The number of nitrogens with one attached hydrogen (secondary N) is 1. The van der Waals surface area contributed by atoms with Crippen molar-refractivity contribution in [1.29, 1.82) is 0 Å². The van der Waals surface area contributed by atoms with Crippen LogP contribution >= 0.6 is 22.9 Å². The van der Waals surface area contributed by atoms with E-state index in [0.29, 0.717) is 16.3 Å². The fraction of sp³-hybridized carbons (Fsp3) is 0.278. The van der Waals surface area contributed by atoms with Gasteiger partial charge >= 0.3 is 0 Å². The predicted molar refractivity (Wildman–Crippen MR) is 103 cm³/mol. The van der Waals surface area contributed by atoms with Crippen LogP contribution < -0.4 is 10.2 Å². The molecular formula is C18H17ClN4OS. The van der Waals surface area contributed by atoms with E-state index >= 15 is 0 Å². The lowest BCUT2D eigenvalue weighted by Gasteiger charge is -2.17. The summed E-state index contributed by atoms with van der Waals surface area (Å²) in [4.78, 5) is 25.9. The van der Waals surface area contributed by atoms with E-state index in [1.807, 2.05) is 19.1 Å². The van der Waals surface area contributed by atoms with E-state index < -0.39 is 0 Å². The van der Waals surface area contributed by atoms with Crippen molar-refractivity contribution >= 4 is 50.6 Å². The molecule has 0 bridgehead atoms. The number of amides is 1. The number of benzene rings is 1. The van der Waals surface area contributed by atoms with Gasteiger partial charge in [-0.25, -0.2) is 9.97 Å². The van der Waals surface area contributed by atoms with Crippen molar-refractivity contribution in [3.8, 4) is 0 Å². The molecule has 7 heteroatoms. The lowest BCUT2D eigenvalue weighted by atomic mass is 10.1. The van der Waals surface area contributed by atoms with Gasteiger partial charge in [-0.2, -0.15) is 0 Å². The molecule has 0 radical (unpaired) electrons. The third kappa shape index (κ3) is 3.07. The molecule has 0 atom stereocenters. The summed E-state index contributed by atoms with van der Waals surface area (Å²) >= 11 is 7.54. The van der Waals surface area contributed by atoms with Gasteiger partial charge in [0.25, 0.3) is 5.91 Å². The number of hydrogen-bond acceptors (Lipinski definition) is 5. The molecule has 2 aromatic heterocycles. The summed E-state index contributed by atoms with van der Waals surface area (Å²) in [5, 5.41) is 4.39. The highest BCUT2D eigenvalue weighted by molar-refractivity contribution is 7.19. The minimum Gasteiger partial charge on any atom is -0.356 e. The average Bonchev–Trinajstić information content (AvgIpc) is 3.21. The third-order valence-electron chi connectivity index (χ3n) is 4.36. The first-order valence-electron chi connectivity index (χ1n) is 8.19. The molecule has 0 aliphatic carbocycles. The molecule has 1 amide bonds. The lowest BCUT2D eigenvalue weighted by molar-refractivity contribution is 0.102. The second kappa shape index (κ2) is 6.61. The summed E-state index contributed by atoms with van der Waals surface area (Å²) in [6.07, 6.45) is 3.89. The van der Waals surface area contributed by atoms with Crippen LogP contribution in [0.25, 0.3) is 10.2 Å². The normalized spacial score (nSPS) is 14.2. The Morgan fingerprint density at radius 2 is 2.08 bits per heavy atom. The number of rotatable bonds is 3. The zero-order valence-corrected chi connectivity index (χ0v) is 15.3. The monoisotopic (exact) mass is 372 g/mol. The molecule has 25 heavy (non-hydrogen) atoms. The molecule has 128 valence electrons. The van der Waals surface area contributed by atoms with Gasteiger partial charge in [-0.05, 0) is 38.0 Å². The van der Waals surface area contributed by atoms with Gasteiger partial charge in [0.1, 0.15) is 17.0 Å². The number of hydrogen-bond donors (Lipinski definition) is 1. The highest BCUT2D eigenvalue weighted by Gasteiger charge is 2.24. The maximum atomic E-state index is 13.0. The largest absolute Gasteiger partial charge is 0.356 e. The molecule has 1 aliphatic heterocycles.